The third-order valence-electron chi connectivity index (χ3n) is 2.87. The van der Waals surface area contributed by atoms with Gasteiger partial charge in [-0.1, -0.05) is 0 Å². The predicted octanol–water partition coefficient (Wildman–Crippen LogP) is 3.54. The molecule has 0 fully saturated rings. The summed E-state index contributed by atoms with van der Waals surface area (Å²) in [5.74, 6) is 0.946. The van der Waals surface area contributed by atoms with Gasteiger partial charge in [0.15, 0.2) is 5.82 Å². The molecule has 4 nitrogen and oxygen atoms in total. The number of ether oxygens (including phenoxy) is 1. The first-order valence-electron chi connectivity index (χ1n) is 6.06. The van der Waals surface area contributed by atoms with Crippen molar-refractivity contribution in [3.63, 3.8) is 0 Å². The van der Waals surface area contributed by atoms with E-state index in [1.807, 2.05) is 6.92 Å². The number of nitrogens with one attached hydrogen (secondary N) is 1. The van der Waals surface area contributed by atoms with Crippen molar-refractivity contribution >= 4 is 21.7 Å². The summed E-state index contributed by atoms with van der Waals surface area (Å²) in [5, 5.41) is 3.01. The molecule has 0 saturated heterocycles. The van der Waals surface area contributed by atoms with E-state index in [9.17, 15) is 4.39 Å². The molecule has 0 aliphatic carbocycles. The zero-order chi connectivity index (χ0) is 14.7. The van der Waals surface area contributed by atoms with Crippen LogP contribution in [0.1, 0.15) is 11.3 Å². The molecular formula is C14H15BrFN3O. The highest BCUT2D eigenvalue weighted by Gasteiger charge is 2.14. The van der Waals surface area contributed by atoms with Crippen LogP contribution in [0.2, 0.25) is 0 Å². The topological polar surface area (TPSA) is 47.0 Å². The van der Waals surface area contributed by atoms with Crippen LogP contribution in [-0.4, -0.2) is 24.1 Å². The van der Waals surface area contributed by atoms with Crippen molar-refractivity contribution in [3.05, 3.63) is 39.7 Å². The van der Waals surface area contributed by atoms with Crippen LogP contribution in [0.4, 0.5) is 10.2 Å². The first-order valence-corrected chi connectivity index (χ1v) is 6.85. The number of aryl methyl sites for hydroxylation is 1. The van der Waals surface area contributed by atoms with Crippen molar-refractivity contribution in [2.24, 2.45) is 0 Å². The standard InChI is InChI=1S/C14H15BrFN3O/c1-8-6-9(16)4-5-10(8)13-18-11(7-20-3)12(15)14(17-2)19-13/h4-6H,7H2,1-3H3,(H,17,18,19). The number of hydrogen-bond donors (Lipinski definition) is 1. The molecule has 0 atom stereocenters. The summed E-state index contributed by atoms with van der Waals surface area (Å²) in [6.45, 7) is 2.20. The highest BCUT2D eigenvalue weighted by molar-refractivity contribution is 9.10. The quantitative estimate of drug-likeness (QED) is 0.925. The molecule has 1 heterocycles. The number of nitrogens with zero attached hydrogens (tertiary/aromatic N) is 2. The van der Waals surface area contributed by atoms with E-state index in [1.54, 1.807) is 20.2 Å². The van der Waals surface area contributed by atoms with Gasteiger partial charge >= 0.3 is 0 Å². The molecule has 2 aromatic rings. The first-order chi connectivity index (χ1) is 9.56. The Morgan fingerprint density at radius 1 is 1.35 bits per heavy atom. The maximum absolute atomic E-state index is 13.2. The molecule has 2 rings (SSSR count). The SMILES string of the molecule is CNc1nc(-c2ccc(F)cc2C)nc(COC)c1Br. The number of methoxy groups -OCH3 is 1. The van der Waals surface area contributed by atoms with Gasteiger partial charge in [-0.2, -0.15) is 0 Å². The number of anilines is 1. The molecule has 106 valence electrons. The Morgan fingerprint density at radius 3 is 2.70 bits per heavy atom. The third-order valence-corrected chi connectivity index (χ3v) is 3.70. The van der Waals surface area contributed by atoms with E-state index in [2.05, 4.69) is 31.2 Å². The zero-order valence-electron chi connectivity index (χ0n) is 11.5. The number of aromatic nitrogens is 2. The molecule has 6 heteroatoms. The molecule has 20 heavy (non-hydrogen) atoms. The second kappa shape index (κ2) is 6.28. The average molecular weight is 340 g/mol. The second-order valence-electron chi connectivity index (χ2n) is 4.30. The molecule has 1 aromatic carbocycles. The van der Waals surface area contributed by atoms with Crippen LogP contribution in [-0.2, 0) is 11.3 Å². The summed E-state index contributed by atoms with van der Waals surface area (Å²) in [6.07, 6.45) is 0. The van der Waals surface area contributed by atoms with Gasteiger partial charge in [0.1, 0.15) is 11.6 Å². The van der Waals surface area contributed by atoms with Gasteiger partial charge < -0.3 is 10.1 Å². The Hall–Kier alpha value is -1.53. The Labute approximate surface area is 125 Å². The lowest BCUT2D eigenvalue weighted by Crippen LogP contribution is -2.05. The number of halogens is 2. The van der Waals surface area contributed by atoms with Crippen LogP contribution in [0.5, 0.6) is 0 Å². The van der Waals surface area contributed by atoms with Gasteiger partial charge in [0, 0.05) is 19.7 Å². The van der Waals surface area contributed by atoms with E-state index in [0.29, 0.717) is 18.2 Å². The molecule has 0 aliphatic heterocycles. The molecule has 0 amide bonds. The lowest BCUT2D eigenvalue weighted by Gasteiger charge is -2.12. The Balaban J connectivity index is 2.58. The van der Waals surface area contributed by atoms with Gasteiger partial charge in [-0.3, -0.25) is 0 Å². The fourth-order valence-corrected chi connectivity index (χ4v) is 2.38. The Kier molecular flexibility index (Phi) is 4.67. The Bertz CT molecular complexity index is 634. The highest BCUT2D eigenvalue weighted by atomic mass is 79.9. The average Bonchev–Trinajstić information content (AvgIpc) is 2.41. The van der Waals surface area contributed by atoms with Gasteiger partial charge in [-0.25, -0.2) is 14.4 Å². The van der Waals surface area contributed by atoms with Crippen LogP contribution in [0.15, 0.2) is 22.7 Å². The van der Waals surface area contributed by atoms with Crippen LogP contribution in [0.25, 0.3) is 11.4 Å². The van der Waals surface area contributed by atoms with Crippen molar-refractivity contribution in [2.45, 2.75) is 13.5 Å². The van der Waals surface area contributed by atoms with Crippen LogP contribution in [0.3, 0.4) is 0 Å². The molecule has 1 N–H and O–H groups in total. The van der Waals surface area contributed by atoms with Crippen LogP contribution in [0, 0.1) is 12.7 Å². The molecule has 0 saturated carbocycles. The van der Waals surface area contributed by atoms with Crippen LogP contribution < -0.4 is 5.32 Å². The largest absolute Gasteiger partial charge is 0.378 e. The zero-order valence-corrected chi connectivity index (χ0v) is 13.1. The smallest absolute Gasteiger partial charge is 0.162 e. The molecule has 0 spiro atoms. The molecule has 0 bridgehead atoms. The monoisotopic (exact) mass is 339 g/mol. The molecular weight excluding hydrogens is 325 g/mol. The molecule has 0 aliphatic rings. The summed E-state index contributed by atoms with van der Waals surface area (Å²) in [4.78, 5) is 8.93. The van der Waals surface area contributed by atoms with E-state index in [0.717, 1.165) is 21.3 Å². The van der Waals surface area contributed by atoms with Gasteiger partial charge in [0.25, 0.3) is 0 Å². The lowest BCUT2D eigenvalue weighted by molar-refractivity contribution is 0.181. The minimum Gasteiger partial charge on any atom is -0.378 e. The Morgan fingerprint density at radius 2 is 2.10 bits per heavy atom. The first kappa shape index (κ1) is 14.9. The van der Waals surface area contributed by atoms with Crippen molar-refractivity contribution in [2.75, 3.05) is 19.5 Å². The summed E-state index contributed by atoms with van der Waals surface area (Å²) >= 11 is 3.45. The maximum atomic E-state index is 13.2. The van der Waals surface area contributed by atoms with E-state index in [4.69, 9.17) is 4.74 Å². The van der Waals surface area contributed by atoms with E-state index < -0.39 is 0 Å². The maximum Gasteiger partial charge on any atom is 0.162 e. The van der Waals surface area contributed by atoms with Crippen molar-refractivity contribution < 1.29 is 9.13 Å². The van der Waals surface area contributed by atoms with E-state index >= 15 is 0 Å². The summed E-state index contributed by atoms with van der Waals surface area (Å²) < 4.78 is 19.1. The number of benzene rings is 1. The van der Waals surface area contributed by atoms with Gasteiger partial charge in [0.05, 0.1) is 16.8 Å². The summed E-state index contributed by atoms with van der Waals surface area (Å²) in [6, 6.07) is 4.56. The van der Waals surface area contributed by atoms with E-state index in [1.165, 1.54) is 12.1 Å². The molecule has 1 aromatic heterocycles. The van der Waals surface area contributed by atoms with E-state index in [-0.39, 0.29) is 5.82 Å². The lowest BCUT2D eigenvalue weighted by atomic mass is 10.1. The predicted molar refractivity (Wildman–Crippen MR) is 80.1 cm³/mol. The minimum atomic E-state index is -0.269. The third kappa shape index (κ3) is 2.96. The minimum absolute atomic E-state index is 0.269. The van der Waals surface area contributed by atoms with Crippen molar-refractivity contribution in [3.8, 4) is 11.4 Å². The van der Waals surface area contributed by atoms with Gasteiger partial charge in [-0.05, 0) is 46.6 Å². The van der Waals surface area contributed by atoms with Crippen molar-refractivity contribution in [1.82, 2.24) is 9.97 Å². The van der Waals surface area contributed by atoms with Crippen molar-refractivity contribution in [1.29, 1.82) is 0 Å². The fraction of sp³-hybridized carbons (Fsp3) is 0.286. The molecule has 0 radical (unpaired) electrons. The van der Waals surface area contributed by atoms with Gasteiger partial charge in [0.2, 0.25) is 0 Å². The fourth-order valence-electron chi connectivity index (χ4n) is 1.89. The second-order valence-corrected chi connectivity index (χ2v) is 5.09. The van der Waals surface area contributed by atoms with Gasteiger partial charge in [-0.15, -0.1) is 0 Å². The normalized spacial score (nSPS) is 10.7. The van der Waals surface area contributed by atoms with Crippen LogP contribution >= 0.6 is 15.9 Å². The number of hydrogen-bond acceptors (Lipinski definition) is 4. The summed E-state index contributed by atoms with van der Waals surface area (Å²) in [7, 11) is 3.39. The summed E-state index contributed by atoms with van der Waals surface area (Å²) in [5.41, 5.74) is 2.33. The number of rotatable bonds is 4. The molecule has 0 unspecified atom stereocenters. The highest BCUT2D eigenvalue weighted by Crippen LogP contribution is 2.29.